The maximum absolute atomic E-state index is 12.6. The largest absolute Gasteiger partial charge is 0.399 e. The van der Waals surface area contributed by atoms with Crippen LogP contribution in [-0.4, -0.2) is 84.2 Å². The standard InChI is InChI=1S/C30H40N8O3/c31-21-1-3-22(4-2-21)36-17-19-37(20-18-36)23-9-11-30(12-10-23)13-15-38(16-14-30)26-7-5-25(34-35-26)29(41)32-24-6-8-27(39)33-28(24)40/h1-5,7,23-24H,6,8-20,31H2,(H,32,41)(H,33,39,40). The molecule has 1 aromatic carbocycles. The highest BCUT2D eigenvalue weighted by Crippen LogP contribution is 2.46. The summed E-state index contributed by atoms with van der Waals surface area (Å²) < 4.78 is 0. The zero-order valence-electron chi connectivity index (χ0n) is 23.6. The molecule has 1 aromatic heterocycles. The van der Waals surface area contributed by atoms with E-state index in [2.05, 4.69) is 47.7 Å². The van der Waals surface area contributed by atoms with E-state index in [1.54, 1.807) is 6.07 Å². The molecule has 6 rings (SSSR count). The lowest BCUT2D eigenvalue weighted by Gasteiger charge is -2.49. The van der Waals surface area contributed by atoms with Gasteiger partial charge in [-0.05, 0) is 86.8 Å². The smallest absolute Gasteiger partial charge is 0.272 e. The van der Waals surface area contributed by atoms with Gasteiger partial charge in [0, 0.05) is 63.1 Å². The molecule has 4 heterocycles. The highest BCUT2D eigenvalue weighted by Gasteiger charge is 2.40. The molecule has 1 atom stereocenters. The molecule has 1 saturated carbocycles. The Morgan fingerprint density at radius 1 is 0.854 bits per heavy atom. The molecule has 3 amide bonds. The number of nitrogens with zero attached hydrogens (tertiary/aromatic N) is 5. The lowest BCUT2D eigenvalue weighted by Crippen LogP contribution is -2.52. The quantitative estimate of drug-likeness (QED) is 0.370. The number of hydrogen-bond acceptors (Lipinski definition) is 9. The minimum atomic E-state index is -0.728. The third-order valence-corrected chi connectivity index (χ3v) is 9.68. The van der Waals surface area contributed by atoms with Gasteiger partial charge in [0.1, 0.15) is 6.04 Å². The number of hydrogen-bond donors (Lipinski definition) is 3. The first-order chi connectivity index (χ1) is 19.9. The predicted molar refractivity (Wildman–Crippen MR) is 156 cm³/mol. The predicted octanol–water partition coefficient (Wildman–Crippen LogP) is 1.95. The monoisotopic (exact) mass is 560 g/mol. The van der Waals surface area contributed by atoms with E-state index in [9.17, 15) is 14.4 Å². The number of imide groups is 1. The maximum atomic E-state index is 12.6. The Bertz CT molecular complexity index is 1240. The second-order valence-electron chi connectivity index (χ2n) is 12.1. The number of piperazine rings is 1. The van der Waals surface area contributed by atoms with Crippen LogP contribution >= 0.6 is 0 Å². The number of carbonyl (C=O) groups is 3. The number of aromatic nitrogens is 2. The van der Waals surface area contributed by atoms with Crippen LogP contribution < -0.4 is 26.2 Å². The molecule has 4 N–H and O–H groups in total. The van der Waals surface area contributed by atoms with Crippen molar-refractivity contribution in [1.82, 2.24) is 25.7 Å². The van der Waals surface area contributed by atoms with Gasteiger partial charge in [-0.25, -0.2) is 0 Å². The average Bonchev–Trinajstić information content (AvgIpc) is 3.00. The van der Waals surface area contributed by atoms with Crippen molar-refractivity contribution in [3.8, 4) is 0 Å². The van der Waals surface area contributed by atoms with Gasteiger partial charge in [-0.15, -0.1) is 10.2 Å². The first-order valence-electron chi connectivity index (χ1n) is 15.0. The summed E-state index contributed by atoms with van der Waals surface area (Å²) >= 11 is 0. The van der Waals surface area contributed by atoms with E-state index in [4.69, 9.17) is 5.73 Å². The minimum Gasteiger partial charge on any atom is -0.399 e. The van der Waals surface area contributed by atoms with E-state index < -0.39 is 17.9 Å². The fourth-order valence-electron chi connectivity index (χ4n) is 7.00. The van der Waals surface area contributed by atoms with Crippen molar-refractivity contribution in [3.63, 3.8) is 0 Å². The third-order valence-electron chi connectivity index (χ3n) is 9.68. The molecule has 0 radical (unpaired) electrons. The van der Waals surface area contributed by atoms with E-state index in [0.717, 1.165) is 63.6 Å². The molecule has 1 spiro atoms. The molecule has 4 fully saturated rings. The van der Waals surface area contributed by atoms with Gasteiger partial charge in [0.2, 0.25) is 11.8 Å². The topological polar surface area (TPSA) is 137 Å². The van der Waals surface area contributed by atoms with Crippen LogP contribution in [0.15, 0.2) is 36.4 Å². The van der Waals surface area contributed by atoms with Crippen LogP contribution in [0.1, 0.15) is 61.9 Å². The Morgan fingerprint density at radius 2 is 1.56 bits per heavy atom. The molecule has 1 unspecified atom stereocenters. The molecule has 41 heavy (non-hydrogen) atoms. The molecule has 3 aliphatic heterocycles. The van der Waals surface area contributed by atoms with Crippen molar-refractivity contribution in [2.24, 2.45) is 5.41 Å². The zero-order valence-corrected chi connectivity index (χ0v) is 23.6. The maximum Gasteiger partial charge on any atom is 0.272 e. The van der Waals surface area contributed by atoms with E-state index >= 15 is 0 Å². The highest BCUT2D eigenvalue weighted by molar-refractivity contribution is 6.03. The van der Waals surface area contributed by atoms with Crippen molar-refractivity contribution >= 4 is 34.9 Å². The fraction of sp³-hybridized carbons (Fsp3) is 0.567. The lowest BCUT2D eigenvalue weighted by molar-refractivity contribution is -0.134. The number of nitrogens with one attached hydrogen (secondary N) is 2. The van der Waals surface area contributed by atoms with Gasteiger partial charge >= 0.3 is 0 Å². The molecular formula is C30H40N8O3. The van der Waals surface area contributed by atoms with Crippen LogP contribution in [0, 0.1) is 5.41 Å². The first-order valence-corrected chi connectivity index (χ1v) is 15.0. The second kappa shape index (κ2) is 11.6. The second-order valence-corrected chi connectivity index (χ2v) is 12.1. The zero-order chi connectivity index (χ0) is 28.4. The van der Waals surface area contributed by atoms with Gasteiger partial charge in [-0.3, -0.25) is 24.6 Å². The van der Waals surface area contributed by atoms with E-state index in [-0.39, 0.29) is 18.0 Å². The number of benzene rings is 1. The fourth-order valence-corrected chi connectivity index (χ4v) is 7.00. The summed E-state index contributed by atoms with van der Waals surface area (Å²) in [5.41, 5.74) is 8.52. The Labute approximate surface area is 240 Å². The molecule has 11 heteroatoms. The third kappa shape index (κ3) is 6.14. The van der Waals surface area contributed by atoms with Crippen LogP contribution in [0.5, 0.6) is 0 Å². The summed E-state index contributed by atoms with van der Waals surface area (Å²) in [5.74, 6) is -0.470. The van der Waals surface area contributed by atoms with Crippen LogP contribution in [0.2, 0.25) is 0 Å². The normalized spacial score (nSPS) is 23.9. The van der Waals surface area contributed by atoms with Crippen LogP contribution in [0.3, 0.4) is 0 Å². The summed E-state index contributed by atoms with van der Waals surface area (Å²) in [6, 6.07) is 11.7. The van der Waals surface area contributed by atoms with Crippen molar-refractivity contribution < 1.29 is 14.4 Å². The van der Waals surface area contributed by atoms with E-state index in [0.29, 0.717) is 17.9 Å². The van der Waals surface area contributed by atoms with Gasteiger partial charge in [-0.2, -0.15) is 0 Å². The molecule has 1 aliphatic carbocycles. The molecule has 3 saturated heterocycles. The van der Waals surface area contributed by atoms with Gasteiger partial charge in [0.05, 0.1) is 0 Å². The summed E-state index contributed by atoms with van der Waals surface area (Å²) in [6.07, 6.45) is 7.94. The lowest BCUT2D eigenvalue weighted by atomic mass is 9.66. The average molecular weight is 561 g/mol. The van der Waals surface area contributed by atoms with Crippen molar-refractivity contribution in [3.05, 3.63) is 42.1 Å². The summed E-state index contributed by atoms with van der Waals surface area (Å²) in [4.78, 5) is 43.3. The Morgan fingerprint density at radius 3 is 2.20 bits per heavy atom. The van der Waals surface area contributed by atoms with Crippen LogP contribution in [-0.2, 0) is 9.59 Å². The van der Waals surface area contributed by atoms with Crippen LogP contribution in [0.4, 0.5) is 17.2 Å². The molecular weight excluding hydrogens is 520 g/mol. The van der Waals surface area contributed by atoms with Gasteiger partial charge < -0.3 is 20.9 Å². The first kappa shape index (κ1) is 27.4. The molecule has 2 aromatic rings. The number of nitrogen functional groups attached to an aromatic ring is 1. The van der Waals surface area contributed by atoms with Crippen molar-refractivity contribution in [2.75, 3.05) is 54.8 Å². The highest BCUT2D eigenvalue weighted by atomic mass is 16.2. The molecule has 0 bridgehead atoms. The number of rotatable bonds is 5. The van der Waals surface area contributed by atoms with Crippen LogP contribution in [0.25, 0.3) is 0 Å². The van der Waals surface area contributed by atoms with Gasteiger partial charge in [0.25, 0.3) is 5.91 Å². The summed E-state index contributed by atoms with van der Waals surface area (Å²) in [6.45, 7) is 6.27. The molecule has 11 nitrogen and oxygen atoms in total. The van der Waals surface area contributed by atoms with E-state index in [1.165, 1.54) is 31.4 Å². The number of piperidine rings is 2. The Balaban J connectivity index is 0.948. The number of carbonyl (C=O) groups excluding carboxylic acids is 3. The SMILES string of the molecule is Nc1ccc(N2CCN(C3CCC4(CC3)CCN(c3ccc(C(=O)NC5CCC(=O)NC5=O)nn3)CC4)CC2)cc1. The molecule has 218 valence electrons. The molecule has 4 aliphatic rings. The van der Waals surface area contributed by atoms with Gasteiger partial charge in [-0.1, -0.05) is 0 Å². The Kier molecular flexibility index (Phi) is 7.79. The Hall–Kier alpha value is -3.73. The van der Waals surface area contributed by atoms with Crippen molar-refractivity contribution in [1.29, 1.82) is 0 Å². The number of anilines is 3. The summed E-state index contributed by atoms with van der Waals surface area (Å²) in [5, 5.41) is 13.4. The van der Waals surface area contributed by atoms with Crippen molar-refractivity contribution in [2.45, 2.75) is 63.5 Å². The van der Waals surface area contributed by atoms with Gasteiger partial charge in [0.15, 0.2) is 11.5 Å². The van der Waals surface area contributed by atoms with E-state index in [1.807, 2.05) is 18.2 Å². The number of nitrogens with two attached hydrogens (primary N) is 1. The summed E-state index contributed by atoms with van der Waals surface area (Å²) in [7, 11) is 0. The number of amides is 3. The minimum absolute atomic E-state index is 0.166.